The monoisotopic (exact) mass is 504 g/mol. The predicted molar refractivity (Wildman–Crippen MR) is 150 cm³/mol. The number of esters is 1. The number of hydrogen-bond acceptors (Lipinski definition) is 4. The van der Waals surface area contributed by atoms with Crippen molar-refractivity contribution in [1.29, 1.82) is 0 Å². The van der Waals surface area contributed by atoms with Crippen LogP contribution in [0.2, 0.25) is 0 Å². The Bertz CT molecular complexity index is 1390. The smallest absolute Gasteiger partial charge is 0.343 e. The summed E-state index contributed by atoms with van der Waals surface area (Å²) in [5, 5.41) is 0. The second kappa shape index (κ2) is 11.1. The highest BCUT2D eigenvalue weighted by Gasteiger charge is 2.35. The standard InChI is InChI=1S/C34H32O4/c1-24(35)25-6-8-26(9-7-25)27-12-18-32(19-13-27)38-33(36)28-10-14-29(15-11-28)34(22-4-3-5-23-34)30-16-20-31(37-2)21-17-30/h6-21H,3-5,22-23H2,1-2H3. The average Bonchev–Trinajstić information content (AvgIpc) is 2.98. The van der Waals surface area contributed by atoms with Crippen LogP contribution in [0.25, 0.3) is 11.1 Å². The van der Waals surface area contributed by atoms with E-state index in [1.54, 1.807) is 26.2 Å². The van der Waals surface area contributed by atoms with E-state index in [-0.39, 0.29) is 17.2 Å². The fraction of sp³-hybridized carbons (Fsp3) is 0.235. The van der Waals surface area contributed by atoms with Crippen LogP contribution in [-0.4, -0.2) is 18.9 Å². The van der Waals surface area contributed by atoms with Gasteiger partial charge in [-0.15, -0.1) is 0 Å². The Labute approximate surface area is 224 Å². The molecule has 0 unspecified atom stereocenters. The Morgan fingerprint density at radius 2 is 1.08 bits per heavy atom. The number of carbonyl (C=O) groups excluding carboxylic acids is 2. The van der Waals surface area contributed by atoms with Crippen LogP contribution in [0.4, 0.5) is 0 Å². The highest BCUT2D eigenvalue weighted by molar-refractivity contribution is 5.94. The second-order valence-corrected chi connectivity index (χ2v) is 10.00. The molecule has 0 spiro atoms. The molecule has 0 saturated heterocycles. The van der Waals surface area contributed by atoms with Crippen molar-refractivity contribution >= 4 is 11.8 Å². The first-order valence-corrected chi connectivity index (χ1v) is 13.2. The first-order chi connectivity index (χ1) is 18.5. The minimum Gasteiger partial charge on any atom is -0.497 e. The molecule has 0 N–H and O–H groups in total. The first kappa shape index (κ1) is 25.5. The van der Waals surface area contributed by atoms with Crippen LogP contribution in [0.1, 0.15) is 70.9 Å². The quantitative estimate of drug-likeness (QED) is 0.145. The lowest BCUT2D eigenvalue weighted by Crippen LogP contribution is -2.30. The molecule has 1 aliphatic carbocycles. The van der Waals surface area contributed by atoms with E-state index in [2.05, 4.69) is 24.3 Å². The number of ether oxygens (including phenoxy) is 2. The summed E-state index contributed by atoms with van der Waals surface area (Å²) in [6.07, 6.45) is 5.81. The molecule has 4 aromatic carbocycles. The zero-order valence-electron chi connectivity index (χ0n) is 21.9. The summed E-state index contributed by atoms with van der Waals surface area (Å²) >= 11 is 0. The molecule has 0 aliphatic heterocycles. The molecule has 0 bridgehead atoms. The number of methoxy groups -OCH3 is 1. The van der Waals surface area contributed by atoms with Gasteiger partial charge in [0.2, 0.25) is 0 Å². The minimum absolute atomic E-state index is 0.0430. The lowest BCUT2D eigenvalue weighted by Gasteiger charge is -2.38. The summed E-state index contributed by atoms with van der Waals surface area (Å²) in [6, 6.07) is 31.2. The van der Waals surface area contributed by atoms with Gasteiger partial charge < -0.3 is 9.47 Å². The van der Waals surface area contributed by atoms with E-state index >= 15 is 0 Å². The third-order valence-corrected chi connectivity index (χ3v) is 7.71. The molecule has 192 valence electrons. The third-order valence-electron chi connectivity index (χ3n) is 7.71. The van der Waals surface area contributed by atoms with Crippen LogP contribution >= 0.6 is 0 Å². The van der Waals surface area contributed by atoms with Crippen LogP contribution in [-0.2, 0) is 5.41 Å². The molecule has 0 radical (unpaired) electrons. The lowest BCUT2D eigenvalue weighted by molar-refractivity contribution is 0.0734. The Balaban J connectivity index is 1.30. The van der Waals surface area contributed by atoms with Crippen molar-refractivity contribution in [2.45, 2.75) is 44.4 Å². The maximum absolute atomic E-state index is 12.9. The fourth-order valence-corrected chi connectivity index (χ4v) is 5.51. The van der Waals surface area contributed by atoms with E-state index in [9.17, 15) is 9.59 Å². The van der Waals surface area contributed by atoms with E-state index < -0.39 is 0 Å². The molecular formula is C34H32O4. The number of ketones is 1. The zero-order chi connectivity index (χ0) is 26.5. The molecule has 4 heteroatoms. The maximum Gasteiger partial charge on any atom is 0.343 e. The maximum atomic E-state index is 12.9. The summed E-state index contributed by atoms with van der Waals surface area (Å²) in [7, 11) is 1.69. The van der Waals surface area contributed by atoms with Gasteiger partial charge >= 0.3 is 5.97 Å². The largest absolute Gasteiger partial charge is 0.497 e. The molecule has 1 fully saturated rings. The zero-order valence-corrected chi connectivity index (χ0v) is 21.9. The van der Waals surface area contributed by atoms with Crippen molar-refractivity contribution in [3.05, 3.63) is 119 Å². The molecule has 0 heterocycles. The van der Waals surface area contributed by atoms with E-state index in [1.165, 1.54) is 30.4 Å². The van der Waals surface area contributed by atoms with Gasteiger partial charge in [0.05, 0.1) is 12.7 Å². The van der Waals surface area contributed by atoms with Crippen molar-refractivity contribution in [1.82, 2.24) is 0 Å². The topological polar surface area (TPSA) is 52.6 Å². The van der Waals surface area contributed by atoms with Gasteiger partial charge in [-0.05, 0) is 78.4 Å². The first-order valence-electron chi connectivity index (χ1n) is 13.2. The molecule has 0 amide bonds. The average molecular weight is 505 g/mol. The molecule has 0 aromatic heterocycles. The lowest BCUT2D eigenvalue weighted by atomic mass is 9.65. The van der Waals surface area contributed by atoms with Gasteiger partial charge in [0, 0.05) is 11.0 Å². The number of Topliss-reactive ketones (excluding diaryl/α,β-unsaturated/α-hetero) is 1. The summed E-state index contributed by atoms with van der Waals surface area (Å²) < 4.78 is 11.0. The number of benzene rings is 4. The SMILES string of the molecule is COc1ccc(C2(c3ccc(C(=O)Oc4ccc(-c5ccc(C(C)=O)cc5)cc4)cc3)CCCCC2)cc1. The molecular weight excluding hydrogens is 472 g/mol. The Morgan fingerprint density at radius 3 is 1.61 bits per heavy atom. The van der Waals surface area contributed by atoms with Crippen molar-refractivity contribution in [2.24, 2.45) is 0 Å². The van der Waals surface area contributed by atoms with Crippen molar-refractivity contribution in [3.63, 3.8) is 0 Å². The van der Waals surface area contributed by atoms with Gasteiger partial charge in [-0.2, -0.15) is 0 Å². The summed E-state index contributed by atoms with van der Waals surface area (Å²) in [6.45, 7) is 1.56. The van der Waals surface area contributed by atoms with Crippen LogP contribution in [0.15, 0.2) is 97.1 Å². The highest BCUT2D eigenvalue weighted by atomic mass is 16.5. The van der Waals surface area contributed by atoms with E-state index in [4.69, 9.17) is 9.47 Å². The van der Waals surface area contributed by atoms with Gasteiger partial charge in [0.1, 0.15) is 11.5 Å². The van der Waals surface area contributed by atoms with Crippen LogP contribution < -0.4 is 9.47 Å². The van der Waals surface area contributed by atoms with Crippen molar-refractivity contribution in [3.8, 4) is 22.6 Å². The number of carbonyl (C=O) groups is 2. The van der Waals surface area contributed by atoms with E-state index in [1.807, 2.05) is 60.7 Å². The van der Waals surface area contributed by atoms with Gasteiger partial charge in [0.25, 0.3) is 0 Å². The van der Waals surface area contributed by atoms with Gasteiger partial charge in [-0.3, -0.25) is 4.79 Å². The Kier molecular flexibility index (Phi) is 7.41. The second-order valence-electron chi connectivity index (χ2n) is 10.00. The normalized spacial score (nSPS) is 14.5. The van der Waals surface area contributed by atoms with Gasteiger partial charge in [0.15, 0.2) is 5.78 Å². The summed E-state index contributed by atoms with van der Waals surface area (Å²) in [5.41, 5.74) is 5.67. The van der Waals surface area contributed by atoms with Gasteiger partial charge in [-0.1, -0.05) is 79.9 Å². The Hall–Kier alpha value is -4.18. The summed E-state index contributed by atoms with van der Waals surface area (Å²) in [4.78, 5) is 24.4. The van der Waals surface area contributed by atoms with Crippen molar-refractivity contribution in [2.75, 3.05) is 7.11 Å². The molecule has 1 saturated carbocycles. The van der Waals surface area contributed by atoms with Crippen molar-refractivity contribution < 1.29 is 19.1 Å². The van der Waals surface area contributed by atoms with Crippen LogP contribution in [0, 0.1) is 0 Å². The summed E-state index contributed by atoms with van der Waals surface area (Å²) in [5.74, 6) is 1.01. The molecule has 4 nitrogen and oxygen atoms in total. The Morgan fingerprint density at radius 1 is 0.605 bits per heavy atom. The molecule has 38 heavy (non-hydrogen) atoms. The van der Waals surface area contributed by atoms with E-state index in [0.29, 0.717) is 16.9 Å². The number of rotatable bonds is 7. The molecule has 4 aromatic rings. The van der Waals surface area contributed by atoms with E-state index in [0.717, 1.165) is 29.7 Å². The fourth-order valence-electron chi connectivity index (χ4n) is 5.51. The minimum atomic E-state index is -0.378. The highest BCUT2D eigenvalue weighted by Crippen LogP contribution is 2.45. The number of hydrogen-bond donors (Lipinski definition) is 0. The van der Waals surface area contributed by atoms with Crippen LogP contribution in [0.5, 0.6) is 11.5 Å². The van der Waals surface area contributed by atoms with Crippen LogP contribution in [0.3, 0.4) is 0 Å². The molecule has 0 atom stereocenters. The molecule has 5 rings (SSSR count). The molecule has 1 aliphatic rings. The predicted octanol–water partition coefficient (Wildman–Crippen LogP) is 8.03. The van der Waals surface area contributed by atoms with Gasteiger partial charge in [-0.25, -0.2) is 4.79 Å². The third kappa shape index (κ3) is 5.26.